The summed E-state index contributed by atoms with van der Waals surface area (Å²) < 4.78 is 5.64. The van der Waals surface area contributed by atoms with Crippen molar-refractivity contribution in [3.8, 4) is 5.75 Å². The summed E-state index contributed by atoms with van der Waals surface area (Å²) in [5.41, 5.74) is 2.12. The molecule has 2 rings (SSSR count). The van der Waals surface area contributed by atoms with Crippen LogP contribution >= 0.6 is 23.2 Å². The molecule has 0 fully saturated rings. The zero-order valence-corrected chi connectivity index (χ0v) is 13.9. The van der Waals surface area contributed by atoms with E-state index in [1.165, 1.54) is 5.56 Å². The van der Waals surface area contributed by atoms with Crippen molar-refractivity contribution in [2.75, 3.05) is 5.32 Å². The Hall–Kier alpha value is -1.38. The summed E-state index contributed by atoms with van der Waals surface area (Å²) in [5, 5.41) is 4.51. The molecular formula is C17H19Cl2NO. The topological polar surface area (TPSA) is 21.3 Å². The number of ether oxygens (including phenoxy) is 1. The second kappa shape index (κ2) is 7.06. The van der Waals surface area contributed by atoms with Gasteiger partial charge in [-0.3, -0.25) is 0 Å². The zero-order valence-electron chi connectivity index (χ0n) is 12.4. The van der Waals surface area contributed by atoms with Gasteiger partial charge in [0.2, 0.25) is 0 Å². The van der Waals surface area contributed by atoms with Gasteiger partial charge >= 0.3 is 0 Å². The zero-order chi connectivity index (χ0) is 15.4. The van der Waals surface area contributed by atoms with Gasteiger partial charge in [-0.15, -0.1) is 0 Å². The van der Waals surface area contributed by atoms with Gasteiger partial charge in [-0.05, 0) is 56.7 Å². The second-order valence-corrected chi connectivity index (χ2v) is 6.04. The largest absolute Gasteiger partial charge is 0.491 e. The maximum atomic E-state index is 6.02. The molecule has 0 saturated carbocycles. The lowest BCUT2D eigenvalue weighted by Gasteiger charge is -2.17. The Morgan fingerprint density at radius 3 is 2.14 bits per heavy atom. The van der Waals surface area contributed by atoms with E-state index in [2.05, 4.69) is 24.4 Å². The normalized spacial score (nSPS) is 12.3. The van der Waals surface area contributed by atoms with Gasteiger partial charge in [0.1, 0.15) is 5.75 Å². The molecule has 0 bridgehead atoms. The minimum absolute atomic E-state index is 0.162. The maximum absolute atomic E-state index is 6.02. The van der Waals surface area contributed by atoms with E-state index in [9.17, 15) is 0 Å². The number of anilines is 1. The monoisotopic (exact) mass is 323 g/mol. The Bertz CT molecular complexity index is 596. The van der Waals surface area contributed by atoms with Crippen LogP contribution in [-0.2, 0) is 0 Å². The third kappa shape index (κ3) is 4.55. The number of halogens is 2. The highest BCUT2D eigenvalue weighted by Crippen LogP contribution is 2.28. The molecule has 1 atom stereocenters. The van der Waals surface area contributed by atoms with Crippen LogP contribution in [0.4, 0.5) is 5.69 Å². The molecule has 0 heterocycles. The van der Waals surface area contributed by atoms with E-state index in [1.807, 2.05) is 38.1 Å². The van der Waals surface area contributed by atoms with Crippen LogP contribution in [0.15, 0.2) is 42.5 Å². The van der Waals surface area contributed by atoms with E-state index in [0.29, 0.717) is 10.0 Å². The first-order valence-corrected chi connectivity index (χ1v) is 7.69. The van der Waals surface area contributed by atoms with Crippen molar-refractivity contribution in [2.45, 2.75) is 32.9 Å². The minimum atomic E-state index is 0.162. The second-order valence-electron chi connectivity index (χ2n) is 5.23. The Labute approximate surface area is 136 Å². The minimum Gasteiger partial charge on any atom is -0.491 e. The third-order valence-electron chi connectivity index (χ3n) is 3.05. The molecule has 0 saturated heterocycles. The fourth-order valence-electron chi connectivity index (χ4n) is 2.03. The average molecular weight is 324 g/mol. The first-order valence-electron chi connectivity index (χ1n) is 6.94. The van der Waals surface area contributed by atoms with Gasteiger partial charge in [-0.25, -0.2) is 0 Å². The van der Waals surface area contributed by atoms with Crippen LogP contribution in [0.25, 0.3) is 0 Å². The molecule has 2 nitrogen and oxygen atoms in total. The molecule has 0 amide bonds. The first-order chi connectivity index (χ1) is 9.95. The molecule has 0 aliphatic rings. The molecule has 21 heavy (non-hydrogen) atoms. The lowest BCUT2D eigenvalue weighted by Crippen LogP contribution is -2.08. The maximum Gasteiger partial charge on any atom is 0.119 e. The van der Waals surface area contributed by atoms with E-state index in [1.54, 1.807) is 6.07 Å². The number of rotatable bonds is 5. The van der Waals surface area contributed by atoms with Crippen molar-refractivity contribution in [1.82, 2.24) is 0 Å². The lowest BCUT2D eigenvalue weighted by molar-refractivity contribution is 0.242. The Kier molecular flexibility index (Phi) is 5.38. The highest BCUT2D eigenvalue weighted by atomic mass is 35.5. The van der Waals surface area contributed by atoms with Gasteiger partial charge in [0.05, 0.1) is 16.1 Å². The fourth-order valence-corrected chi connectivity index (χ4v) is 2.32. The highest BCUT2D eigenvalue weighted by molar-refractivity contribution is 6.42. The number of hydrogen-bond acceptors (Lipinski definition) is 2. The summed E-state index contributed by atoms with van der Waals surface area (Å²) in [6.45, 7) is 6.13. The molecule has 0 aliphatic heterocycles. The van der Waals surface area contributed by atoms with Gasteiger partial charge in [0.25, 0.3) is 0 Å². The van der Waals surface area contributed by atoms with Gasteiger partial charge in [-0.1, -0.05) is 35.3 Å². The van der Waals surface area contributed by atoms with Gasteiger partial charge < -0.3 is 10.1 Å². The highest BCUT2D eigenvalue weighted by Gasteiger charge is 2.07. The molecule has 0 aliphatic carbocycles. The van der Waals surface area contributed by atoms with Gasteiger partial charge in [0, 0.05) is 11.7 Å². The van der Waals surface area contributed by atoms with Crippen molar-refractivity contribution >= 4 is 28.9 Å². The summed E-state index contributed by atoms with van der Waals surface area (Å²) in [6.07, 6.45) is 0.183. The molecular weight excluding hydrogens is 305 g/mol. The standard InChI is InChI=1S/C17H19Cl2NO/c1-11(2)21-15-7-4-13(5-8-15)12(3)20-14-6-9-16(18)17(19)10-14/h4-12,20H,1-3H3. The van der Waals surface area contributed by atoms with E-state index < -0.39 is 0 Å². The first kappa shape index (κ1) is 16.0. The summed E-state index contributed by atoms with van der Waals surface area (Å²) in [7, 11) is 0. The van der Waals surface area contributed by atoms with E-state index in [4.69, 9.17) is 27.9 Å². The number of benzene rings is 2. The molecule has 0 radical (unpaired) electrons. The van der Waals surface area contributed by atoms with Crippen LogP contribution in [-0.4, -0.2) is 6.10 Å². The lowest BCUT2D eigenvalue weighted by atomic mass is 10.1. The van der Waals surface area contributed by atoms with Crippen LogP contribution in [0.2, 0.25) is 10.0 Å². The quantitative estimate of drug-likeness (QED) is 0.733. The van der Waals surface area contributed by atoms with Gasteiger partial charge in [0.15, 0.2) is 0 Å². The van der Waals surface area contributed by atoms with Crippen LogP contribution in [0.5, 0.6) is 5.75 Å². The number of nitrogens with one attached hydrogen (secondary N) is 1. The van der Waals surface area contributed by atoms with Crippen molar-refractivity contribution in [2.24, 2.45) is 0 Å². The summed E-state index contributed by atoms with van der Waals surface area (Å²) in [4.78, 5) is 0. The van der Waals surface area contributed by atoms with Crippen molar-refractivity contribution in [1.29, 1.82) is 0 Å². The molecule has 1 unspecified atom stereocenters. The van der Waals surface area contributed by atoms with E-state index >= 15 is 0 Å². The Morgan fingerprint density at radius 1 is 0.905 bits per heavy atom. The van der Waals surface area contributed by atoms with Crippen molar-refractivity contribution in [3.05, 3.63) is 58.1 Å². The van der Waals surface area contributed by atoms with Crippen molar-refractivity contribution < 1.29 is 4.74 Å². The molecule has 4 heteroatoms. The predicted octanol–water partition coefficient (Wildman–Crippen LogP) is 5.95. The summed E-state index contributed by atoms with van der Waals surface area (Å²) in [6, 6.07) is 13.8. The molecule has 0 aromatic heterocycles. The summed E-state index contributed by atoms with van der Waals surface area (Å²) >= 11 is 11.9. The Morgan fingerprint density at radius 2 is 1.57 bits per heavy atom. The predicted molar refractivity (Wildman–Crippen MR) is 90.7 cm³/mol. The van der Waals surface area contributed by atoms with E-state index in [0.717, 1.165) is 11.4 Å². The van der Waals surface area contributed by atoms with E-state index in [-0.39, 0.29) is 12.1 Å². The molecule has 2 aromatic rings. The SMILES string of the molecule is CC(C)Oc1ccc(C(C)Nc2ccc(Cl)c(Cl)c2)cc1. The summed E-state index contributed by atoms with van der Waals surface area (Å²) in [5.74, 6) is 0.885. The van der Waals surface area contributed by atoms with Crippen LogP contribution in [0.3, 0.4) is 0 Å². The number of hydrogen-bond donors (Lipinski definition) is 1. The molecule has 112 valence electrons. The van der Waals surface area contributed by atoms with Gasteiger partial charge in [-0.2, -0.15) is 0 Å². The fraction of sp³-hybridized carbons (Fsp3) is 0.294. The Balaban J connectivity index is 2.05. The van der Waals surface area contributed by atoms with Crippen molar-refractivity contribution in [3.63, 3.8) is 0 Å². The molecule has 1 N–H and O–H groups in total. The third-order valence-corrected chi connectivity index (χ3v) is 3.79. The smallest absolute Gasteiger partial charge is 0.119 e. The average Bonchev–Trinajstić information content (AvgIpc) is 2.43. The van der Waals surface area contributed by atoms with Crippen LogP contribution < -0.4 is 10.1 Å². The molecule has 2 aromatic carbocycles. The van der Waals surface area contributed by atoms with Crippen LogP contribution in [0, 0.1) is 0 Å². The van der Waals surface area contributed by atoms with Crippen LogP contribution in [0.1, 0.15) is 32.4 Å². The molecule has 0 spiro atoms.